The van der Waals surface area contributed by atoms with Crippen molar-refractivity contribution in [3.63, 3.8) is 0 Å². The zero-order valence-corrected chi connectivity index (χ0v) is 23.2. The minimum absolute atomic E-state index is 0.186. The molecule has 1 saturated heterocycles. The Kier molecular flexibility index (Phi) is 8.97. The number of hydrogen-bond acceptors (Lipinski definition) is 6. The average molecular weight is 528 g/mol. The van der Waals surface area contributed by atoms with Crippen LogP contribution < -0.4 is 0 Å². The lowest BCUT2D eigenvalue weighted by Gasteiger charge is -2.42. The summed E-state index contributed by atoms with van der Waals surface area (Å²) in [6.45, 7) is 9.70. The maximum atomic E-state index is 13.7. The SMILES string of the molecule is CCOC(=O)[C@@H](N=C(c1ccccc1)c1ccccc1)[C@@H](c1ccccc1)[C@H]1C(=O)O[C@H](C(C)(C)C)O[C@@H]1C. The van der Waals surface area contributed by atoms with Crippen molar-refractivity contribution in [1.29, 1.82) is 0 Å². The first-order valence-electron chi connectivity index (χ1n) is 13.5. The van der Waals surface area contributed by atoms with E-state index in [1.807, 2.05) is 119 Å². The highest BCUT2D eigenvalue weighted by atomic mass is 16.7. The highest BCUT2D eigenvalue weighted by Crippen LogP contribution is 2.41. The highest BCUT2D eigenvalue weighted by molar-refractivity contribution is 6.13. The molecular formula is C33H37NO5. The van der Waals surface area contributed by atoms with Crippen molar-refractivity contribution < 1.29 is 23.8 Å². The van der Waals surface area contributed by atoms with Crippen molar-refractivity contribution in [1.82, 2.24) is 0 Å². The molecular weight excluding hydrogens is 490 g/mol. The Bertz CT molecular complexity index is 1230. The normalized spacial score (nSPS) is 20.8. The van der Waals surface area contributed by atoms with Gasteiger partial charge in [-0.1, -0.05) is 112 Å². The molecule has 0 N–H and O–H groups in total. The van der Waals surface area contributed by atoms with Gasteiger partial charge in [0.1, 0.15) is 0 Å². The minimum Gasteiger partial charge on any atom is -0.464 e. The van der Waals surface area contributed by atoms with Crippen LogP contribution in [0.3, 0.4) is 0 Å². The van der Waals surface area contributed by atoms with Crippen LogP contribution in [-0.4, -0.2) is 42.7 Å². The smallest absolute Gasteiger partial charge is 0.331 e. The van der Waals surface area contributed by atoms with E-state index in [4.69, 9.17) is 19.2 Å². The van der Waals surface area contributed by atoms with E-state index in [9.17, 15) is 9.59 Å². The van der Waals surface area contributed by atoms with Crippen LogP contribution in [0, 0.1) is 11.3 Å². The second-order valence-electron chi connectivity index (χ2n) is 10.8. The topological polar surface area (TPSA) is 74.2 Å². The number of cyclic esters (lactones) is 1. The number of carbonyl (C=O) groups excluding carboxylic acids is 2. The zero-order chi connectivity index (χ0) is 28.0. The number of aliphatic imine (C=N–C) groups is 1. The van der Waals surface area contributed by atoms with Gasteiger partial charge >= 0.3 is 11.9 Å². The molecule has 0 radical (unpaired) electrons. The molecule has 1 aliphatic heterocycles. The summed E-state index contributed by atoms with van der Waals surface area (Å²) in [5.41, 5.74) is 2.73. The average Bonchev–Trinajstić information content (AvgIpc) is 2.93. The van der Waals surface area contributed by atoms with Crippen LogP contribution in [0.5, 0.6) is 0 Å². The van der Waals surface area contributed by atoms with Crippen LogP contribution in [-0.2, 0) is 23.8 Å². The van der Waals surface area contributed by atoms with Gasteiger partial charge in [0.05, 0.1) is 24.3 Å². The summed E-state index contributed by atoms with van der Waals surface area (Å²) in [6.07, 6.45) is -1.22. The molecule has 0 amide bonds. The quantitative estimate of drug-likeness (QED) is 0.258. The van der Waals surface area contributed by atoms with Gasteiger partial charge in [-0.05, 0) is 19.4 Å². The van der Waals surface area contributed by atoms with E-state index < -0.39 is 47.6 Å². The highest BCUT2D eigenvalue weighted by Gasteiger charge is 2.49. The minimum atomic E-state index is -1.03. The molecule has 1 heterocycles. The van der Waals surface area contributed by atoms with Crippen LogP contribution in [0.25, 0.3) is 0 Å². The Morgan fingerprint density at radius 3 is 1.87 bits per heavy atom. The van der Waals surface area contributed by atoms with Crippen molar-refractivity contribution in [3.8, 4) is 0 Å². The van der Waals surface area contributed by atoms with Gasteiger partial charge in [0.25, 0.3) is 0 Å². The molecule has 0 spiro atoms. The molecule has 39 heavy (non-hydrogen) atoms. The first kappa shape index (κ1) is 28.2. The number of nitrogens with zero attached hydrogens (tertiary/aromatic N) is 1. The number of carbonyl (C=O) groups is 2. The molecule has 0 aliphatic carbocycles. The van der Waals surface area contributed by atoms with Crippen LogP contribution in [0.1, 0.15) is 57.2 Å². The lowest BCUT2D eigenvalue weighted by molar-refractivity contribution is -0.256. The van der Waals surface area contributed by atoms with Gasteiger partial charge in [-0.3, -0.25) is 9.79 Å². The predicted molar refractivity (Wildman–Crippen MR) is 151 cm³/mol. The first-order chi connectivity index (χ1) is 18.7. The summed E-state index contributed by atoms with van der Waals surface area (Å²) in [6, 6.07) is 27.9. The third-order valence-electron chi connectivity index (χ3n) is 6.85. The molecule has 1 aliphatic rings. The molecule has 0 aromatic heterocycles. The molecule has 4 rings (SSSR count). The van der Waals surface area contributed by atoms with Crippen LogP contribution in [0.15, 0.2) is 96.0 Å². The second-order valence-corrected chi connectivity index (χ2v) is 10.8. The van der Waals surface area contributed by atoms with E-state index in [1.54, 1.807) is 6.92 Å². The number of hydrogen-bond donors (Lipinski definition) is 0. The van der Waals surface area contributed by atoms with Gasteiger partial charge in [0.2, 0.25) is 6.29 Å². The zero-order valence-electron chi connectivity index (χ0n) is 23.2. The molecule has 0 unspecified atom stereocenters. The largest absolute Gasteiger partial charge is 0.464 e. The fourth-order valence-electron chi connectivity index (χ4n) is 4.92. The van der Waals surface area contributed by atoms with Gasteiger partial charge in [-0.2, -0.15) is 0 Å². The Hall–Kier alpha value is -3.77. The Morgan fingerprint density at radius 1 is 0.897 bits per heavy atom. The van der Waals surface area contributed by atoms with Crippen molar-refractivity contribution >= 4 is 17.7 Å². The Balaban J connectivity index is 1.90. The Labute approximate surface area is 231 Å². The van der Waals surface area contributed by atoms with Gasteiger partial charge in [0, 0.05) is 22.5 Å². The van der Waals surface area contributed by atoms with Gasteiger partial charge in [-0.25, -0.2) is 4.79 Å². The number of benzene rings is 3. The van der Waals surface area contributed by atoms with Crippen molar-refractivity contribution in [2.24, 2.45) is 16.3 Å². The number of rotatable bonds is 8. The lowest BCUT2D eigenvalue weighted by atomic mass is 9.77. The maximum absolute atomic E-state index is 13.7. The predicted octanol–water partition coefficient (Wildman–Crippen LogP) is 6.19. The third kappa shape index (κ3) is 6.63. The summed E-state index contributed by atoms with van der Waals surface area (Å²) >= 11 is 0. The van der Waals surface area contributed by atoms with E-state index >= 15 is 0 Å². The second kappa shape index (κ2) is 12.4. The van der Waals surface area contributed by atoms with E-state index in [0.717, 1.165) is 16.7 Å². The van der Waals surface area contributed by atoms with Gasteiger partial charge in [-0.15, -0.1) is 0 Å². The molecule has 1 fully saturated rings. The van der Waals surface area contributed by atoms with Crippen LogP contribution in [0.4, 0.5) is 0 Å². The monoisotopic (exact) mass is 527 g/mol. The molecule has 5 atom stereocenters. The van der Waals surface area contributed by atoms with E-state index in [1.165, 1.54) is 0 Å². The summed E-state index contributed by atoms with van der Waals surface area (Å²) in [7, 11) is 0. The molecule has 6 heteroatoms. The summed E-state index contributed by atoms with van der Waals surface area (Å²) in [5.74, 6) is -2.38. The molecule has 0 saturated carbocycles. The van der Waals surface area contributed by atoms with Crippen molar-refractivity contribution in [2.45, 2.75) is 59.0 Å². The number of esters is 2. The third-order valence-corrected chi connectivity index (χ3v) is 6.85. The first-order valence-corrected chi connectivity index (χ1v) is 13.5. The van der Waals surface area contributed by atoms with E-state index in [0.29, 0.717) is 5.71 Å². The fraction of sp³-hybridized carbons (Fsp3) is 0.364. The van der Waals surface area contributed by atoms with Crippen LogP contribution in [0.2, 0.25) is 0 Å². The summed E-state index contributed by atoms with van der Waals surface area (Å²) < 4.78 is 17.7. The summed E-state index contributed by atoms with van der Waals surface area (Å²) in [4.78, 5) is 32.5. The van der Waals surface area contributed by atoms with Gasteiger partial charge in [0.15, 0.2) is 6.04 Å². The molecule has 3 aromatic carbocycles. The molecule has 204 valence electrons. The Morgan fingerprint density at radius 2 is 1.41 bits per heavy atom. The molecule has 0 bridgehead atoms. The maximum Gasteiger partial charge on any atom is 0.331 e. The molecule has 3 aromatic rings. The molecule has 6 nitrogen and oxygen atoms in total. The summed E-state index contributed by atoms with van der Waals surface area (Å²) in [5, 5.41) is 0. The van der Waals surface area contributed by atoms with Crippen LogP contribution >= 0.6 is 0 Å². The van der Waals surface area contributed by atoms with E-state index in [2.05, 4.69) is 0 Å². The standard InChI is InChI=1S/C33H37NO5/c1-6-37-31(36)29(34-28(24-18-12-8-13-19-24)25-20-14-9-15-21-25)27(23-16-10-7-11-17-23)26-22(2)38-32(33(3,4)5)39-30(26)35/h7-22,26-27,29,32H,6H2,1-5H3/t22-,26+,27+,29+,32-/m1/s1. The van der Waals surface area contributed by atoms with Crippen molar-refractivity contribution in [3.05, 3.63) is 108 Å². The van der Waals surface area contributed by atoms with Gasteiger partial charge < -0.3 is 14.2 Å². The van der Waals surface area contributed by atoms with Crippen molar-refractivity contribution in [2.75, 3.05) is 6.61 Å². The number of ether oxygens (including phenoxy) is 3. The lowest BCUT2D eigenvalue weighted by Crippen LogP contribution is -2.51. The van der Waals surface area contributed by atoms with E-state index in [-0.39, 0.29) is 6.61 Å². The fourth-order valence-corrected chi connectivity index (χ4v) is 4.92.